The number of aryl methyl sites for hydroxylation is 1. The van der Waals surface area contributed by atoms with E-state index in [4.69, 9.17) is 0 Å². The molecule has 2 aromatic carbocycles. The Labute approximate surface area is 138 Å². The first-order chi connectivity index (χ1) is 11.2. The third-order valence-corrected chi connectivity index (χ3v) is 4.57. The van der Waals surface area contributed by atoms with Crippen molar-refractivity contribution in [3.8, 4) is 0 Å². The molecule has 0 radical (unpaired) electrons. The van der Waals surface area contributed by atoms with Crippen molar-refractivity contribution < 1.29 is 4.79 Å². The average Bonchev–Trinajstić information content (AvgIpc) is 2.62. The van der Waals surface area contributed by atoms with E-state index >= 15 is 0 Å². The lowest BCUT2D eigenvalue weighted by Crippen LogP contribution is -2.36. The van der Waals surface area contributed by atoms with Crippen LogP contribution >= 0.6 is 0 Å². The van der Waals surface area contributed by atoms with Crippen LogP contribution in [0.5, 0.6) is 0 Å². The van der Waals surface area contributed by atoms with Gasteiger partial charge in [-0.2, -0.15) is 0 Å². The third-order valence-electron chi connectivity index (χ3n) is 4.57. The normalized spacial score (nSPS) is 16.0. The molecule has 0 atom stereocenters. The summed E-state index contributed by atoms with van der Waals surface area (Å²) in [4.78, 5) is 14.3. The number of carbonyl (C=O) groups excluding carboxylic acids is 1. The van der Waals surface area contributed by atoms with Gasteiger partial charge in [0.05, 0.1) is 0 Å². The van der Waals surface area contributed by atoms with E-state index in [9.17, 15) is 4.79 Å². The highest BCUT2D eigenvalue weighted by Crippen LogP contribution is 2.27. The van der Waals surface area contributed by atoms with Crippen molar-refractivity contribution in [2.45, 2.75) is 25.7 Å². The average molecular weight is 305 g/mol. The summed E-state index contributed by atoms with van der Waals surface area (Å²) in [5.74, 6) is 0.707. The number of likely N-dealkylation sites (tertiary alicyclic amines) is 1. The zero-order valence-corrected chi connectivity index (χ0v) is 13.6. The van der Waals surface area contributed by atoms with Gasteiger partial charge in [-0.3, -0.25) is 4.79 Å². The van der Waals surface area contributed by atoms with Crippen LogP contribution in [-0.2, 0) is 4.79 Å². The number of amides is 1. The van der Waals surface area contributed by atoms with Crippen LogP contribution in [0.25, 0.3) is 6.08 Å². The number of hydrogen-bond donors (Lipinski definition) is 0. The van der Waals surface area contributed by atoms with Crippen LogP contribution in [0.15, 0.2) is 60.7 Å². The van der Waals surface area contributed by atoms with Gasteiger partial charge in [-0.25, -0.2) is 0 Å². The maximum absolute atomic E-state index is 12.3. The minimum absolute atomic E-state index is 0.122. The molecular weight excluding hydrogens is 282 g/mol. The molecular formula is C21H23NO. The Hall–Kier alpha value is -2.35. The number of rotatable bonds is 3. The number of carbonyl (C=O) groups is 1. The highest BCUT2D eigenvalue weighted by Gasteiger charge is 2.22. The van der Waals surface area contributed by atoms with E-state index in [-0.39, 0.29) is 5.91 Å². The standard InChI is InChI=1S/C21H23NO/c1-17-7-9-18(10-8-17)11-12-21(23)22-15-13-20(14-16-22)19-5-3-2-4-6-19/h2-12,20H,13-16H2,1H3/b12-11+. The molecule has 23 heavy (non-hydrogen) atoms. The molecule has 0 aromatic heterocycles. The Morgan fingerprint density at radius 2 is 1.65 bits per heavy atom. The number of hydrogen-bond acceptors (Lipinski definition) is 1. The minimum Gasteiger partial charge on any atom is -0.339 e. The molecule has 0 aliphatic carbocycles. The fourth-order valence-corrected chi connectivity index (χ4v) is 3.11. The molecule has 1 aliphatic heterocycles. The summed E-state index contributed by atoms with van der Waals surface area (Å²) in [6.07, 6.45) is 5.71. The molecule has 1 amide bonds. The second kappa shape index (κ2) is 7.28. The molecule has 2 aromatic rings. The van der Waals surface area contributed by atoms with Crippen molar-refractivity contribution in [3.05, 3.63) is 77.4 Å². The van der Waals surface area contributed by atoms with Crippen molar-refractivity contribution >= 4 is 12.0 Å². The Morgan fingerprint density at radius 3 is 2.30 bits per heavy atom. The second-order valence-corrected chi connectivity index (χ2v) is 6.25. The predicted octanol–water partition coefficient (Wildman–Crippen LogP) is 4.41. The highest BCUT2D eigenvalue weighted by atomic mass is 16.2. The smallest absolute Gasteiger partial charge is 0.246 e. The van der Waals surface area contributed by atoms with Gasteiger partial charge in [0, 0.05) is 19.2 Å². The topological polar surface area (TPSA) is 20.3 Å². The lowest BCUT2D eigenvalue weighted by molar-refractivity contribution is -0.126. The molecule has 0 bridgehead atoms. The van der Waals surface area contributed by atoms with Crippen LogP contribution < -0.4 is 0 Å². The quantitative estimate of drug-likeness (QED) is 0.769. The zero-order valence-electron chi connectivity index (χ0n) is 13.6. The Balaban J connectivity index is 1.55. The third kappa shape index (κ3) is 4.10. The molecule has 1 aliphatic rings. The maximum Gasteiger partial charge on any atom is 0.246 e. The molecule has 2 heteroatoms. The molecule has 2 nitrogen and oxygen atoms in total. The number of nitrogens with zero attached hydrogens (tertiary/aromatic N) is 1. The van der Waals surface area contributed by atoms with E-state index in [1.54, 1.807) is 6.08 Å². The highest BCUT2D eigenvalue weighted by molar-refractivity contribution is 5.91. The van der Waals surface area contributed by atoms with Crippen LogP contribution in [0.1, 0.15) is 35.4 Å². The lowest BCUT2D eigenvalue weighted by Gasteiger charge is -2.31. The van der Waals surface area contributed by atoms with Crippen molar-refractivity contribution in [1.29, 1.82) is 0 Å². The summed E-state index contributed by atoms with van der Waals surface area (Å²) in [5.41, 5.74) is 3.70. The summed E-state index contributed by atoms with van der Waals surface area (Å²) in [7, 11) is 0. The van der Waals surface area contributed by atoms with Crippen molar-refractivity contribution in [3.63, 3.8) is 0 Å². The summed E-state index contributed by atoms with van der Waals surface area (Å²) in [6.45, 7) is 3.75. The van der Waals surface area contributed by atoms with Gasteiger partial charge in [-0.05, 0) is 42.9 Å². The monoisotopic (exact) mass is 305 g/mol. The van der Waals surface area contributed by atoms with Crippen LogP contribution in [0.3, 0.4) is 0 Å². The van der Waals surface area contributed by atoms with E-state index in [0.717, 1.165) is 31.5 Å². The van der Waals surface area contributed by atoms with Gasteiger partial charge in [0.1, 0.15) is 0 Å². The summed E-state index contributed by atoms with van der Waals surface area (Å²) < 4.78 is 0. The Kier molecular flexibility index (Phi) is 4.92. The van der Waals surface area contributed by atoms with Crippen molar-refractivity contribution in [2.75, 3.05) is 13.1 Å². The van der Waals surface area contributed by atoms with E-state index in [2.05, 4.69) is 49.4 Å². The fourth-order valence-electron chi connectivity index (χ4n) is 3.11. The van der Waals surface area contributed by atoms with Crippen molar-refractivity contribution in [1.82, 2.24) is 4.90 Å². The first-order valence-electron chi connectivity index (χ1n) is 8.31. The molecule has 0 N–H and O–H groups in total. The van der Waals surface area contributed by atoms with Gasteiger partial charge in [-0.15, -0.1) is 0 Å². The fraction of sp³-hybridized carbons (Fsp3) is 0.286. The van der Waals surface area contributed by atoms with Gasteiger partial charge in [-0.1, -0.05) is 60.2 Å². The molecule has 0 unspecified atom stereocenters. The summed E-state index contributed by atoms with van der Waals surface area (Å²) in [5, 5.41) is 0. The zero-order chi connectivity index (χ0) is 16.1. The molecule has 0 saturated carbocycles. The molecule has 3 rings (SSSR count). The van der Waals surface area contributed by atoms with Gasteiger partial charge >= 0.3 is 0 Å². The molecule has 1 saturated heterocycles. The largest absolute Gasteiger partial charge is 0.339 e. The number of benzene rings is 2. The van der Waals surface area contributed by atoms with Crippen LogP contribution in [0.4, 0.5) is 0 Å². The van der Waals surface area contributed by atoms with Gasteiger partial charge in [0.2, 0.25) is 5.91 Å². The molecule has 1 fully saturated rings. The van der Waals surface area contributed by atoms with Crippen molar-refractivity contribution in [2.24, 2.45) is 0 Å². The maximum atomic E-state index is 12.3. The van der Waals surface area contributed by atoms with E-state index in [0.29, 0.717) is 5.92 Å². The van der Waals surface area contributed by atoms with Crippen LogP contribution in [0.2, 0.25) is 0 Å². The van der Waals surface area contributed by atoms with Gasteiger partial charge in [0.25, 0.3) is 0 Å². The van der Waals surface area contributed by atoms with E-state index in [1.165, 1.54) is 11.1 Å². The van der Waals surface area contributed by atoms with Crippen LogP contribution in [-0.4, -0.2) is 23.9 Å². The molecule has 0 spiro atoms. The summed E-state index contributed by atoms with van der Waals surface area (Å²) in [6, 6.07) is 18.8. The Bertz CT molecular complexity index is 665. The van der Waals surface area contributed by atoms with Crippen LogP contribution in [0, 0.1) is 6.92 Å². The lowest BCUT2D eigenvalue weighted by atomic mass is 9.89. The minimum atomic E-state index is 0.122. The van der Waals surface area contributed by atoms with E-state index < -0.39 is 0 Å². The second-order valence-electron chi connectivity index (χ2n) is 6.25. The SMILES string of the molecule is Cc1ccc(/C=C/C(=O)N2CCC(c3ccccc3)CC2)cc1. The number of piperidine rings is 1. The molecule has 118 valence electrons. The van der Waals surface area contributed by atoms with Gasteiger partial charge in [0.15, 0.2) is 0 Å². The predicted molar refractivity (Wildman–Crippen MR) is 95.2 cm³/mol. The van der Waals surface area contributed by atoms with E-state index in [1.807, 2.05) is 23.1 Å². The molecule has 1 heterocycles. The first kappa shape index (κ1) is 15.5. The Morgan fingerprint density at radius 1 is 1.00 bits per heavy atom. The summed E-state index contributed by atoms with van der Waals surface area (Å²) >= 11 is 0. The van der Waals surface area contributed by atoms with Gasteiger partial charge < -0.3 is 4.90 Å². The first-order valence-corrected chi connectivity index (χ1v) is 8.31.